The van der Waals surface area contributed by atoms with E-state index >= 15 is 0 Å². The summed E-state index contributed by atoms with van der Waals surface area (Å²) in [6.07, 6.45) is 0.615. The number of rotatable bonds is 3. The van der Waals surface area contributed by atoms with Gasteiger partial charge in [0.15, 0.2) is 0 Å². The largest absolute Gasteiger partial charge is 0.488 e. The molecule has 1 aliphatic heterocycles. The van der Waals surface area contributed by atoms with Crippen LogP contribution in [0.2, 0.25) is 0 Å². The van der Waals surface area contributed by atoms with Crippen LogP contribution < -0.4 is 15.8 Å². The average molecular weight is 286 g/mol. The maximum absolute atomic E-state index is 13.6. The third kappa shape index (κ3) is 2.81. The summed E-state index contributed by atoms with van der Waals surface area (Å²) in [7, 11) is 0. The fourth-order valence-electron chi connectivity index (χ4n) is 2.39. The molecule has 1 atom stereocenters. The Hall–Kier alpha value is -2.56. The third-order valence-electron chi connectivity index (χ3n) is 3.44. The first-order valence-corrected chi connectivity index (χ1v) is 6.71. The van der Waals surface area contributed by atoms with Gasteiger partial charge in [-0.05, 0) is 29.8 Å². The third-order valence-corrected chi connectivity index (χ3v) is 3.44. The van der Waals surface area contributed by atoms with Gasteiger partial charge < -0.3 is 15.8 Å². The second-order valence-electron chi connectivity index (χ2n) is 5.00. The van der Waals surface area contributed by atoms with Crippen molar-refractivity contribution in [1.82, 2.24) is 5.32 Å². The van der Waals surface area contributed by atoms with Crippen LogP contribution in [0.25, 0.3) is 0 Å². The van der Waals surface area contributed by atoms with Crippen molar-refractivity contribution in [2.75, 3.05) is 12.3 Å². The topological polar surface area (TPSA) is 64.4 Å². The molecule has 0 saturated heterocycles. The van der Waals surface area contributed by atoms with Crippen molar-refractivity contribution in [2.45, 2.75) is 12.5 Å². The molecule has 0 bridgehead atoms. The maximum atomic E-state index is 13.6. The molecule has 2 aromatic carbocycles. The van der Waals surface area contributed by atoms with Gasteiger partial charge in [-0.25, -0.2) is 4.39 Å². The van der Waals surface area contributed by atoms with Gasteiger partial charge in [0.2, 0.25) is 0 Å². The molecule has 0 fully saturated rings. The highest BCUT2D eigenvalue weighted by Gasteiger charge is 2.23. The van der Waals surface area contributed by atoms with Crippen molar-refractivity contribution in [3.63, 3.8) is 0 Å². The lowest BCUT2D eigenvalue weighted by Crippen LogP contribution is -2.34. The molecule has 108 valence electrons. The zero-order valence-corrected chi connectivity index (χ0v) is 11.3. The molecule has 0 aliphatic carbocycles. The van der Waals surface area contributed by atoms with E-state index in [1.54, 1.807) is 0 Å². The lowest BCUT2D eigenvalue weighted by atomic mass is 10.1. The Morgan fingerprint density at radius 1 is 1.33 bits per heavy atom. The molecule has 5 heteroatoms. The summed E-state index contributed by atoms with van der Waals surface area (Å²) in [5.74, 6) is -0.245. The van der Waals surface area contributed by atoms with E-state index < -0.39 is 11.7 Å². The van der Waals surface area contributed by atoms with Gasteiger partial charge in [0.1, 0.15) is 17.7 Å². The van der Waals surface area contributed by atoms with Crippen LogP contribution in [0.15, 0.2) is 42.5 Å². The van der Waals surface area contributed by atoms with E-state index in [1.165, 1.54) is 12.1 Å². The molecule has 3 rings (SSSR count). The van der Waals surface area contributed by atoms with Crippen molar-refractivity contribution < 1.29 is 13.9 Å². The molecular formula is C16H15FN2O2. The standard InChI is InChI=1S/C16H15FN2O2/c17-14-8-11(18)5-6-13(14)16(20)19-9-12-7-10-3-1-2-4-15(10)21-12/h1-6,8,12H,7,9,18H2,(H,19,20). The molecule has 0 radical (unpaired) electrons. The molecule has 1 unspecified atom stereocenters. The molecule has 21 heavy (non-hydrogen) atoms. The second kappa shape index (κ2) is 5.44. The number of fused-ring (bicyclic) bond motifs is 1. The van der Waals surface area contributed by atoms with E-state index in [9.17, 15) is 9.18 Å². The maximum Gasteiger partial charge on any atom is 0.254 e. The predicted octanol–water partition coefficient (Wildman–Crippen LogP) is 2.14. The van der Waals surface area contributed by atoms with Crippen molar-refractivity contribution in [3.05, 3.63) is 59.4 Å². The molecule has 0 aromatic heterocycles. The zero-order valence-electron chi connectivity index (χ0n) is 11.3. The fourth-order valence-corrected chi connectivity index (χ4v) is 2.39. The van der Waals surface area contributed by atoms with Crippen molar-refractivity contribution in [3.8, 4) is 5.75 Å². The summed E-state index contributed by atoms with van der Waals surface area (Å²) in [5, 5.41) is 2.69. The van der Waals surface area contributed by atoms with Crippen molar-refractivity contribution in [2.24, 2.45) is 0 Å². The monoisotopic (exact) mass is 286 g/mol. The normalized spacial score (nSPS) is 16.1. The number of halogens is 1. The molecular weight excluding hydrogens is 271 g/mol. The number of nitrogens with one attached hydrogen (secondary N) is 1. The minimum Gasteiger partial charge on any atom is -0.488 e. The number of carbonyl (C=O) groups excluding carboxylic acids is 1. The highest BCUT2D eigenvalue weighted by molar-refractivity contribution is 5.94. The highest BCUT2D eigenvalue weighted by Crippen LogP contribution is 2.27. The van der Waals surface area contributed by atoms with Gasteiger partial charge in [0.25, 0.3) is 5.91 Å². The number of para-hydroxylation sites is 1. The Kier molecular flexibility index (Phi) is 3.48. The van der Waals surface area contributed by atoms with Gasteiger partial charge in [-0.1, -0.05) is 18.2 Å². The van der Waals surface area contributed by atoms with Crippen LogP contribution in [0, 0.1) is 5.82 Å². The number of benzene rings is 2. The Bertz CT molecular complexity index is 663. The second-order valence-corrected chi connectivity index (χ2v) is 5.00. The fraction of sp³-hybridized carbons (Fsp3) is 0.188. The Balaban J connectivity index is 1.60. The number of carbonyl (C=O) groups is 1. The van der Waals surface area contributed by atoms with Crippen LogP contribution in [0.4, 0.5) is 10.1 Å². The number of ether oxygens (including phenoxy) is 1. The first-order chi connectivity index (χ1) is 10.1. The summed E-state index contributed by atoms with van der Waals surface area (Å²) in [6, 6.07) is 11.8. The predicted molar refractivity (Wildman–Crippen MR) is 77.7 cm³/mol. The Morgan fingerprint density at radius 2 is 2.14 bits per heavy atom. The van der Waals surface area contributed by atoms with Gasteiger partial charge in [-0.3, -0.25) is 4.79 Å². The van der Waals surface area contributed by atoms with Crippen molar-refractivity contribution in [1.29, 1.82) is 0 Å². The van der Waals surface area contributed by atoms with E-state index in [0.717, 1.165) is 23.8 Å². The molecule has 0 saturated carbocycles. The Morgan fingerprint density at radius 3 is 2.90 bits per heavy atom. The number of nitrogens with two attached hydrogens (primary N) is 1. The minimum absolute atomic E-state index is 0.0142. The minimum atomic E-state index is -0.622. The first kappa shape index (κ1) is 13.4. The van der Waals surface area contributed by atoms with E-state index in [1.807, 2.05) is 24.3 Å². The summed E-state index contributed by atoms with van der Waals surface area (Å²) < 4.78 is 19.4. The van der Waals surface area contributed by atoms with Crippen LogP contribution in [0.3, 0.4) is 0 Å². The van der Waals surface area contributed by atoms with Gasteiger partial charge in [-0.2, -0.15) is 0 Å². The van der Waals surface area contributed by atoms with Gasteiger partial charge in [0, 0.05) is 12.1 Å². The van der Waals surface area contributed by atoms with Crippen LogP contribution >= 0.6 is 0 Å². The van der Waals surface area contributed by atoms with E-state index in [2.05, 4.69) is 5.32 Å². The summed E-state index contributed by atoms with van der Waals surface area (Å²) in [4.78, 5) is 12.0. The van der Waals surface area contributed by atoms with Crippen LogP contribution in [-0.2, 0) is 6.42 Å². The molecule has 4 nitrogen and oxygen atoms in total. The summed E-state index contributed by atoms with van der Waals surface area (Å²) in [5.41, 5.74) is 6.86. The van der Waals surface area contributed by atoms with Crippen LogP contribution in [-0.4, -0.2) is 18.6 Å². The number of nitrogen functional groups attached to an aromatic ring is 1. The smallest absolute Gasteiger partial charge is 0.254 e. The molecule has 1 amide bonds. The van der Waals surface area contributed by atoms with Gasteiger partial charge in [0.05, 0.1) is 12.1 Å². The molecule has 0 spiro atoms. The molecule has 2 aromatic rings. The molecule has 3 N–H and O–H groups in total. The summed E-state index contributed by atoms with van der Waals surface area (Å²) in [6.45, 7) is 0.331. The Labute approximate surface area is 121 Å². The zero-order chi connectivity index (χ0) is 14.8. The molecule has 1 aliphatic rings. The van der Waals surface area contributed by atoms with Crippen LogP contribution in [0.1, 0.15) is 15.9 Å². The average Bonchev–Trinajstić information content (AvgIpc) is 2.87. The van der Waals surface area contributed by atoms with Crippen LogP contribution in [0.5, 0.6) is 5.75 Å². The van der Waals surface area contributed by atoms with Gasteiger partial charge in [-0.15, -0.1) is 0 Å². The highest BCUT2D eigenvalue weighted by atomic mass is 19.1. The SMILES string of the molecule is Nc1ccc(C(=O)NCC2Cc3ccccc3O2)c(F)c1. The first-order valence-electron chi connectivity index (χ1n) is 6.71. The summed E-state index contributed by atoms with van der Waals surface area (Å²) >= 11 is 0. The quantitative estimate of drug-likeness (QED) is 0.850. The lowest BCUT2D eigenvalue weighted by Gasteiger charge is -2.12. The van der Waals surface area contributed by atoms with E-state index in [-0.39, 0.29) is 11.7 Å². The van der Waals surface area contributed by atoms with E-state index in [4.69, 9.17) is 10.5 Å². The van der Waals surface area contributed by atoms with E-state index in [0.29, 0.717) is 12.2 Å². The number of anilines is 1. The number of hydrogen-bond donors (Lipinski definition) is 2. The molecule has 1 heterocycles. The number of hydrogen-bond acceptors (Lipinski definition) is 3. The number of amides is 1. The van der Waals surface area contributed by atoms with Crippen molar-refractivity contribution >= 4 is 11.6 Å². The van der Waals surface area contributed by atoms with Gasteiger partial charge >= 0.3 is 0 Å². The lowest BCUT2D eigenvalue weighted by molar-refractivity contribution is 0.0929.